The highest BCUT2D eigenvalue weighted by Gasteiger charge is 2.18. The van der Waals surface area contributed by atoms with Crippen molar-refractivity contribution >= 4 is 38.9 Å². The largest absolute Gasteiger partial charge is 0.360 e. The average Bonchev–Trinajstić information content (AvgIpc) is 2.55. The maximum Gasteiger partial charge on any atom is 0.264 e. The Morgan fingerprint density at radius 3 is 2.16 bits per heavy atom. The standard InChI is InChI=1S/C17H19N3O3S2/c1-12(2)18-17(24)19-14-8-10-15(11-9-14)25(22,23)20-16(21)13-6-4-3-5-7-13/h3-12H,1-2H3,(H,20,21)(H2,18,19,24). The molecule has 132 valence electrons. The zero-order valence-electron chi connectivity index (χ0n) is 13.8. The lowest BCUT2D eigenvalue weighted by Crippen LogP contribution is -2.34. The maximum atomic E-state index is 12.3. The van der Waals surface area contributed by atoms with Gasteiger partial charge >= 0.3 is 0 Å². The van der Waals surface area contributed by atoms with E-state index in [-0.39, 0.29) is 16.5 Å². The third-order valence-corrected chi connectivity index (χ3v) is 4.67. The van der Waals surface area contributed by atoms with Crippen molar-refractivity contribution < 1.29 is 13.2 Å². The molecule has 0 heterocycles. The van der Waals surface area contributed by atoms with Gasteiger partial charge < -0.3 is 10.6 Å². The topological polar surface area (TPSA) is 87.3 Å². The number of amides is 1. The third-order valence-electron chi connectivity index (χ3n) is 3.11. The van der Waals surface area contributed by atoms with Crippen LogP contribution in [0.3, 0.4) is 0 Å². The van der Waals surface area contributed by atoms with Crippen molar-refractivity contribution in [3.05, 3.63) is 60.2 Å². The molecule has 0 spiro atoms. The quantitative estimate of drug-likeness (QED) is 0.694. The molecule has 2 aromatic rings. The van der Waals surface area contributed by atoms with E-state index in [4.69, 9.17) is 12.2 Å². The summed E-state index contributed by atoms with van der Waals surface area (Å²) in [5, 5.41) is 6.43. The number of hydrogen-bond acceptors (Lipinski definition) is 4. The zero-order chi connectivity index (χ0) is 18.4. The van der Waals surface area contributed by atoms with Crippen molar-refractivity contribution in [3.8, 4) is 0 Å². The van der Waals surface area contributed by atoms with Gasteiger partial charge in [0.1, 0.15) is 0 Å². The summed E-state index contributed by atoms with van der Waals surface area (Å²) < 4.78 is 26.7. The Labute approximate surface area is 152 Å². The van der Waals surface area contributed by atoms with E-state index in [0.29, 0.717) is 10.8 Å². The number of thiocarbonyl (C=S) groups is 1. The summed E-state index contributed by atoms with van der Waals surface area (Å²) >= 11 is 5.13. The Kier molecular flexibility index (Phi) is 6.11. The fourth-order valence-corrected chi connectivity index (χ4v) is 3.30. The number of nitrogens with one attached hydrogen (secondary N) is 3. The van der Waals surface area contributed by atoms with E-state index < -0.39 is 15.9 Å². The number of sulfonamides is 1. The van der Waals surface area contributed by atoms with Crippen LogP contribution in [0.5, 0.6) is 0 Å². The molecule has 0 unspecified atom stereocenters. The molecular weight excluding hydrogens is 358 g/mol. The first-order chi connectivity index (χ1) is 11.8. The Bertz CT molecular complexity index is 848. The van der Waals surface area contributed by atoms with E-state index in [9.17, 15) is 13.2 Å². The van der Waals surface area contributed by atoms with E-state index in [1.54, 1.807) is 42.5 Å². The Balaban J connectivity index is 2.07. The van der Waals surface area contributed by atoms with Crippen LogP contribution in [-0.2, 0) is 10.0 Å². The first kappa shape index (κ1) is 18.9. The van der Waals surface area contributed by atoms with Crippen LogP contribution in [0, 0.1) is 0 Å². The SMILES string of the molecule is CC(C)NC(=S)Nc1ccc(S(=O)(=O)NC(=O)c2ccccc2)cc1. The molecule has 0 aliphatic heterocycles. The molecule has 0 aliphatic rings. The monoisotopic (exact) mass is 377 g/mol. The van der Waals surface area contributed by atoms with Crippen molar-refractivity contribution in [2.75, 3.05) is 5.32 Å². The Hall–Kier alpha value is -2.45. The number of rotatable bonds is 5. The van der Waals surface area contributed by atoms with Crippen molar-refractivity contribution in [2.45, 2.75) is 24.8 Å². The molecule has 0 saturated carbocycles. The second-order valence-electron chi connectivity index (χ2n) is 5.58. The van der Waals surface area contributed by atoms with Gasteiger partial charge in [-0.15, -0.1) is 0 Å². The highest BCUT2D eigenvalue weighted by Crippen LogP contribution is 2.14. The Morgan fingerprint density at radius 1 is 1.00 bits per heavy atom. The smallest absolute Gasteiger partial charge is 0.264 e. The van der Waals surface area contributed by atoms with Crippen molar-refractivity contribution in [1.82, 2.24) is 10.0 Å². The van der Waals surface area contributed by atoms with Crippen LogP contribution in [0.1, 0.15) is 24.2 Å². The number of carbonyl (C=O) groups is 1. The molecule has 0 radical (unpaired) electrons. The van der Waals surface area contributed by atoms with Crippen molar-refractivity contribution in [2.24, 2.45) is 0 Å². The molecule has 3 N–H and O–H groups in total. The van der Waals surface area contributed by atoms with E-state index >= 15 is 0 Å². The number of benzene rings is 2. The Morgan fingerprint density at radius 2 is 1.60 bits per heavy atom. The minimum absolute atomic E-state index is 0.00920. The molecule has 6 nitrogen and oxygen atoms in total. The minimum Gasteiger partial charge on any atom is -0.360 e. The van der Waals surface area contributed by atoms with Crippen LogP contribution in [0.2, 0.25) is 0 Å². The molecule has 0 aliphatic carbocycles. The normalized spacial score (nSPS) is 11.0. The highest BCUT2D eigenvalue weighted by atomic mass is 32.2. The van der Waals surface area contributed by atoms with E-state index in [1.807, 2.05) is 18.6 Å². The molecule has 8 heteroatoms. The van der Waals surface area contributed by atoms with Gasteiger partial charge in [0.25, 0.3) is 15.9 Å². The highest BCUT2D eigenvalue weighted by molar-refractivity contribution is 7.90. The molecule has 2 aromatic carbocycles. The number of hydrogen-bond donors (Lipinski definition) is 3. The molecule has 1 amide bonds. The maximum absolute atomic E-state index is 12.3. The van der Waals surface area contributed by atoms with E-state index in [1.165, 1.54) is 12.1 Å². The summed E-state index contributed by atoms with van der Waals surface area (Å²) in [7, 11) is -3.95. The summed E-state index contributed by atoms with van der Waals surface area (Å²) in [5.74, 6) is -0.676. The minimum atomic E-state index is -3.95. The second kappa shape index (κ2) is 8.09. The summed E-state index contributed by atoms with van der Waals surface area (Å²) in [5.41, 5.74) is 0.918. The average molecular weight is 377 g/mol. The second-order valence-corrected chi connectivity index (χ2v) is 7.67. The van der Waals surface area contributed by atoms with Gasteiger partial charge in [-0.3, -0.25) is 4.79 Å². The van der Waals surface area contributed by atoms with Gasteiger partial charge in [-0.25, -0.2) is 13.1 Å². The summed E-state index contributed by atoms with van der Waals surface area (Å²) in [6, 6.07) is 14.3. The molecule has 2 rings (SSSR count). The zero-order valence-corrected chi connectivity index (χ0v) is 15.4. The van der Waals surface area contributed by atoms with Crippen LogP contribution in [0.25, 0.3) is 0 Å². The van der Waals surface area contributed by atoms with Crippen molar-refractivity contribution in [3.63, 3.8) is 0 Å². The van der Waals surface area contributed by atoms with Gasteiger partial charge in [0.15, 0.2) is 5.11 Å². The van der Waals surface area contributed by atoms with Crippen LogP contribution >= 0.6 is 12.2 Å². The summed E-state index contributed by atoms with van der Waals surface area (Å²) in [6.45, 7) is 3.91. The lowest BCUT2D eigenvalue weighted by Gasteiger charge is -2.13. The van der Waals surface area contributed by atoms with Crippen molar-refractivity contribution in [1.29, 1.82) is 0 Å². The molecule has 25 heavy (non-hydrogen) atoms. The summed E-state index contributed by atoms with van der Waals surface area (Å²) in [4.78, 5) is 12.0. The van der Waals surface area contributed by atoms with E-state index in [2.05, 4.69) is 10.6 Å². The predicted octanol–water partition coefficient (Wildman–Crippen LogP) is 2.50. The fraction of sp³-hybridized carbons (Fsp3) is 0.176. The summed E-state index contributed by atoms with van der Waals surface area (Å²) in [6.07, 6.45) is 0. The third kappa shape index (κ3) is 5.54. The molecule has 0 bridgehead atoms. The van der Waals surface area contributed by atoms with Gasteiger partial charge in [0.05, 0.1) is 4.90 Å². The lowest BCUT2D eigenvalue weighted by atomic mass is 10.2. The van der Waals surface area contributed by atoms with Crippen LogP contribution in [0.15, 0.2) is 59.5 Å². The van der Waals surface area contributed by atoms with Gasteiger partial charge in [-0.2, -0.15) is 0 Å². The molecular formula is C17H19N3O3S2. The first-order valence-electron chi connectivity index (χ1n) is 7.58. The number of anilines is 1. The van der Waals surface area contributed by atoms with Crippen LogP contribution < -0.4 is 15.4 Å². The van der Waals surface area contributed by atoms with Crippen LogP contribution in [-0.4, -0.2) is 25.5 Å². The molecule has 0 aromatic heterocycles. The van der Waals surface area contributed by atoms with Gasteiger partial charge in [-0.05, 0) is 62.5 Å². The lowest BCUT2D eigenvalue weighted by molar-refractivity contribution is 0.0981. The molecule has 0 fully saturated rings. The van der Waals surface area contributed by atoms with Gasteiger partial charge in [-0.1, -0.05) is 18.2 Å². The number of carbonyl (C=O) groups excluding carboxylic acids is 1. The van der Waals surface area contributed by atoms with Gasteiger partial charge in [0, 0.05) is 17.3 Å². The fourth-order valence-electron chi connectivity index (χ4n) is 1.98. The van der Waals surface area contributed by atoms with E-state index in [0.717, 1.165) is 0 Å². The molecule has 0 atom stereocenters. The predicted molar refractivity (Wildman–Crippen MR) is 102 cm³/mol. The molecule has 0 saturated heterocycles. The first-order valence-corrected chi connectivity index (χ1v) is 9.47. The van der Waals surface area contributed by atoms with Crippen LogP contribution in [0.4, 0.5) is 5.69 Å². The van der Waals surface area contributed by atoms with Gasteiger partial charge in [0.2, 0.25) is 0 Å².